The summed E-state index contributed by atoms with van der Waals surface area (Å²) in [7, 11) is 0. The number of hydrogen-bond donors (Lipinski definition) is 1. The van der Waals surface area contributed by atoms with Gasteiger partial charge in [0.2, 0.25) is 0 Å². The molecule has 3 atom stereocenters. The smallest absolute Gasteiger partial charge is 0.163 e. The van der Waals surface area contributed by atoms with E-state index in [4.69, 9.17) is 14.2 Å². The summed E-state index contributed by atoms with van der Waals surface area (Å²) in [5.74, 6) is -0.551. The number of rotatable bonds is 6. The van der Waals surface area contributed by atoms with Crippen molar-refractivity contribution in [1.82, 2.24) is 5.32 Å². The number of hydrogen-bond acceptors (Lipinski definition) is 4. The molecule has 160 valence electrons. The van der Waals surface area contributed by atoms with Crippen LogP contribution in [0.3, 0.4) is 0 Å². The van der Waals surface area contributed by atoms with Crippen molar-refractivity contribution in [3.05, 3.63) is 108 Å². The fourth-order valence-electron chi connectivity index (χ4n) is 4.88. The Kier molecular flexibility index (Phi) is 5.40. The molecule has 0 bridgehead atoms. The van der Waals surface area contributed by atoms with Crippen molar-refractivity contribution >= 4 is 0 Å². The lowest BCUT2D eigenvalue weighted by Crippen LogP contribution is -2.43. The van der Waals surface area contributed by atoms with Gasteiger partial charge in [-0.05, 0) is 30.5 Å². The third-order valence-corrected chi connectivity index (χ3v) is 6.22. The van der Waals surface area contributed by atoms with E-state index in [2.05, 4.69) is 78.1 Å². The molecule has 0 aromatic heterocycles. The van der Waals surface area contributed by atoms with E-state index < -0.39 is 11.4 Å². The zero-order chi connectivity index (χ0) is 21.3. The highest BCUT2D eigenvalue weighted by molar-refractivity contribution is 5.47. The van der Waals surface area contributed by atoms with Gasteiger partial charge >= 0.3 is 0 Å². The van der Waals surface area contributed by atoms with Gasteiger partial charge in [0.1, 0.15) is 17.8 Å². The van der Waals surface area contributed by atoms with Crippen LogP contribution in [0.5, 0.6) is 0 Å². The molecule has 3 aromatic carbocycles. The van der Waals surface area contributed by atoms with Gasteiger partial charge in [0.15, 0.2) is 5.79 Å². The molecule has 2 aliphatic heterocycles. The summed E-state index contributed by atoms with van der Waals surface area (Å²) in [5, 5.41) is 3.55. The first-order chi connectivity index (χ1) is 15.1. The maximum absolute atomic E-state index is 6.95. The summed E-state index contributed by atoms with van der Waals surface area (Å²) in [6, 6.07) is 31.4. The van der Waals surface area contributed by atoms with Crippen LogP contribution in [0.15, 0.2) is 91.0 Å². The molecule has 0 aliphatic carbocycles. The van der Waals surface area contributed by atoms with Crippen LogP contribution in [0.25, 0.3) is 0 Å². The van der Waals surface area contributed by atoms with Gasteiger partial charge in [0.25, 0.3) is 0 Å². The summed E-state index contributed by atoms with van der Waals surface area (Å²) in [5.41, 5.74) is 2.58. The molecule has 0 saturated carbocycles. The van der Waals surface area contributed by atoms with Crippen molar-refractivity contribution in [1.29, 1.82) is 0 Å². The van der Waals surface area contributed by atoms with Gasteiger partial charge in [-0.15, -0.1) is 0 Å². The van der Waals surface area contributed by atoms with Crippen molar-refractivity contribution in [3.63, 3.8) is 0 Å². The topological polar surface area (TPSA) is 39.7 Å². The molecule has 0 spiro atoms. The number of nitrogens with one attached hydrogen (secondary N) is 1. The number of ether oxygens (including phenoxy) is 3. The molecule has 31 heavy (non-hydrogen) atoms. The molecule has 2 fully saturated rings. The highest BCUT2D eigenvalue weighted by atomic mass is 16.8. The van der Waals surface area contributed by atoms with Gasteiger partial charge in [-0.3, -0.25) is 0 Å². The van der Waals surface area contributed by atoms with Crippen LogP contribution in [0, 0.1) is 0 Å². The number of benzene rings is 3. The second kappa shape index (κ2) is 8.21. The molecule has 5 rings (SSSR count). The van der Waals surface area contributed by atoms with E-state index in [1.54, 1.807) is 0 Å². The Morgan fingerprint density at radius 3 is 1.77 bits per heavy atom. The molecule has 4 heteroatoms. The zero-order valence-corrected chi connectivity index (χ0v) is 18.0. The molecule has 0 unspecified atom stereocenters. The third-order valence-electron chi connectivity index (χ3n) is 6.22. The highest BCUT2D eigenvalue weighted by Gasteiger charge is 2.50. The van der Waals surface area contributed by atoms with Crippen molar-refractivity contribution in [2.24, 2.45) is 0 Å². The fraction of sp³-hybridized carbons (Fsp3) is 0.333. The van der Waals surface area contributed by atoms with Crippen molar-refractivity contribution in [2.75, 3.05) is 13.2 Å². The van der Waals surface area contributed by atoms with Crippen molar-refractivity contribution < 1.29 is 14.2 Å². The van der Waals surface area contributed by atoms with Crippen molar-refractivity contribution in [3.8, 4) is 0 Å². The molecule has 2 aliphatic rings. The molecule has 3 aromatic rings. The standard InChI is InChI=1S/C27H29NO3/c1-26(2)30-24-18-28-23(25(24)31-26)19-29-27(20-12-6-3-7-13-20,21-14-8-4-9-15-21)22-16-10-5-11-17-22/h3-17,23-25,28H,18-19H2,1-2H3/t23-,24-,25+/m0/s1. The quantitative estimate of drug-likeness (QED) is 0.603. The average molecular weight is 416 g/mol. The van der Waals surface area contributed by atoms with Crippen LogP contribution >= 0.6 is 0 Å². The van der Waals surface area contributed by atoms with Gasteiger partial charge in [0.05, 0.1) is 12.6 Å². The summed E-state index contributed by atoms with van der Waals surface area (Å²) in [4.78, 5) is 0. The van der Waals surface area contributed by atoms with Gasteiger partial charge in [0, 0.05) is 6.54 Å². The van der Waals surface area contributed by atoms with E-state index >= 15 is 0 Å². The summed E-state index contributed by atoms with van der Waals surface area (Å²) in [6.07, 6.45) is 0.0400. The Hall–Kier alpha value is -2.50. The van der Waals surface area contributed by atoms with E-state index in [1.165, 1.54) is 0 Å². The van der Waals surface area contributed by atoms with Crippen LogP contribution in [0.4, 0.5) is 0 Å². The highest BCUT2D eigenvalue weighted by Crippen LogP contribution is 2.41. The second-order valence-corrected chi connectivity index (χ2v) is 8.74. The van der Waals surface area contributed by atoms with Gasteiger partial charge in [-0.1, -0.05) is 91.0 Å². The molecule has 2 saturated heterocycles. The van der Waals surface area contributed by atoms with E-state index in [9.17, 15) is 0 Å². The SMILES string of the molecule is CC1(C)O[C@@H]2[C@H](COC(c3ccccc3)(c3ccccc3)c3ccccc3)NC[C@@H]2O1. The van der Waals surface area contributed by atoms with Crippen LogP contribution in [0.1, 0.15) is 30.5 Å². The first-order valence-electron chi connectivity index (χ1n) is 11.0. The minimum atomic E-state index is -0.724. The Balaban J connectivity index is 1.55. The molecule has 0 radical (unpaired) electrons. The van der Waals surface area contributed by atoms with Gasteiger partial charge in [-0.2, -0.15) is 0 Å². The third kappa shape index (κ3) is 3.81. The maximum atomic E-state index is 6.95. The van der Waals surface area contributed by atoms with E-state index in [0.29, 0.717) is 6.61 Å². The molecular formula is C27H29NO3. The van der Waals surface area contributed by atoms with Crippen LogP contribution in [-0.4, -0.2) is 37.2 Å². The van der Waals surface area contributed by atoms with Crippen molar-refractivity contribution in [2.45, 2.75) is 43.5 Å². The molecule has 4 nitrogen and oxygen atoms in total. The summed E-state index contributed by atoms with van der Waals surface area (Å²) < 4.78 is 19.2. The van der Waals surface area contributed by atoms with Gasteiger partial charge < -0.3 is 19.5 Å². The normalized spacial score (nSPS) is 24.8. The lowest BCUT2D eigenvalue weighted by Gasteiger charge is -2.37. The lowest BCUT2D eigenvalue weighted by molar-refractivity contribution is -0.156. The average Bonchev–Trinajstić information content (AvgIpc) is 3.31. The molecule has 2 heterocycles. The first-order valence-corrected chi connectivity index (χ1v) is 11.0. The van der Waals surface area contributed by atoms with E-state index in [1.807, 2.05) is 32.0 Å². The largest absolute Gasteiger partial charge is 0.359 e. The molecule has 1 N–H and O–H groups in total. The Morgan fingerprint density at radius 2 is 1.29 bits per heavy atom. The van der Waals surface area contributed by atoms with E-state index in [0.717, 1.165) is 23.2 Å². The van der Waals surface area contributed by atoms with Crippen LogP contribution < -0.4 is 5.32 Å². The summed E-state index contributed by atoms with van der Waals surface area (Å²) in [6.45, 7) is 5.23. The fourth-order valence-corrected chi connectivity index (χ4v) is 4.88. The van der Waals surface area contributed by atoms with Crippen LogP contribution in [0.2, 0.25) is 0 Å². The van der Waals surface area contributed by atoms with Gasteiger partial charge in [-0.25, -0.2) is 0 Å². The van der Waals surface area contributed by atoms with E-state index in [-0.39, 0.29) is 18.2 Å². The monoisotopic (exact) mass is 415 g/mol. The van der Waals surface area contributed by atoms with Crippen LogP contribution in [-0.2, 0) is 19.8 Å². The Morgan fingerprint density at radius 1 is 0.806 bits per heavy atom. The predicted octanol–water partition coefficient (Wildman–Crippen LogP) is 4.49. The molecule has 0 amide bonds. The predicted molar refractivity (Wildman–Crippen MR) is 121 cm³/mol. The lowest BCUT2D eigenvalue weighted by atomic mass is 9.80. The second-order valence-electron chi connectivity index (χ2n) is 8.74. The molecular weight excluding hydrogens is 386 g/mol. The Labute approximate surface area is 184 Å². The zero-order valence-electron chi connectivity index (χ0n) is 18.0. The summed E-state index contributed by atoms with van der Waals surface area (Å²) >= 11 is 0. The maximum Gasteiger partial charge on any atom is 0.163 e. The Bertz CT molecular complexity index is 894. The minimum absolute atomic E-state index is 0.0185. The number of fused-ring (bicyclic) bond motifs is 1. The minimum Gasteiger partial charge on any atom is -0.359 e. The first kappa shape index (κ1) is 20.4.